The number of rotatable bonds is 3. The zero-order chi connectivity index (χ0) is 14.1. The molecule has 20 heavy (non-hydrogen) atoms. The fraction of sp³-hybridized carbons (Fsp3) is 0.200. The second-order valence-electron chi connectivity index (χ2n) is 4.91. The summed E-state index contributed by atoms with van der Waals surface area (Å²) in [7, 11) is 0. The molecule has 3 rings (SSSR count). The molecule has 3 aromatic rings. The Balaban J connectivity index is 1.82. The lowest BCUT2D eigenvalue weighted by Crippen LogP contribution is -2.04. The first kappa shape index (κ1) is 12.5. The topological polar surface area (TPSA) is 79.6 Å². The van der Waals surface area contributed by atoms with E-state index < -0.39 is 0 Å². The lowest BCUT2D eigenvalue weighted by molar-refractivity contribution is 1.06. The van der Waals surface area contributed by atoms with Gasteiger partial charge in [0.15, 0.2) is 0 Å². The first-order chi connectivity index (χ1) is 9.63. The minimum Gasteiger partial charge on any atom is -0.384 e. The molecule has 0 spiro atoms. The third-order valence-corrected chi connectivity index (χ3v) is 3.50. The standard InChI is InChI=1S/C15H17N5/c1-9-10(2)19-13-4-3-11(7-12(9)13)8-18-15-17-6-5-14(16)20-15/h3-7,19H,8H2,1-2H3,(H3,16,17,18,20). The third kappa shape index (κ3) is 2.30. The molecule has 0 saturated heterocycles. The number of fused-ring (bicyclic) bond motifs is 1. The summed E-state index contributed by atoms with van der Waals surface area (Å²) < 4.78 is 0. The zero-order valence-electron chi connectivity index (χ0n) is 11.6. The first-order valence-electron chi connectivity index (χ1n) is 6.53. The monoisotopic (exact) mass is 267 g/mol. The van der Waals surface area contributed by atoms with Gasteiger partial charge in [0.2, 0.25) is 5.95 Å². The Kier molecular flexibility index (Phi) is 3.02. The van der Waals surface area contributed by atoms with Gasteiger partial charge in [0.1, 0.15) is 5.82 Å². The SMILES string of the molecule is Cc1[nH]c2ccc(CNc3nccc(N)n3)cc2c1C. The predicted molar refractivity (Wildman–Crippen MR) is 81.5 cm³/mol. The third-order valence-electron chi connectivity index (χ3n) is 3.50. The maximum absolute atomic E-state index is 5.63. The number of hydrogen-bond donors (Lipinski definition) is 3. The molecule has 1 aromatic carbocycles. The normalized spacial score (nSPS) is 10.9. The highest BCUT2D eigenvalue weighted by atomic mass is 15.1. The van der Waals surface area contributed by atoms with Gasteiger partial charge in [-0.15, -0.1) is 0 Å². The van der Waals surface area contributed by atoms with Gasteiger partial charge in [-0.25, -0.2) is 4.98 Å². The Morgan fingerprint density at radius 3 is 2.90 bits per heavy atom. The quantitative estimate of drug-likeness (QED) is 0.681. The van der Waals surface area contributed by atoms with E-state index in [1.807, 2.05) is 0 Å². The lowest BCUT2D eigenvalue weighted by Gasteiger charge is -2.05. The Hall–Kier alpha value is -2.56. The molecule has 0 aliphatic carbocycles. The number of aromatic nitrogens is 3. The smallest absolute Gasteiger partial charge is 0.224 e. The van der Waals surface area contributed by atoms with E-state index >= 15 is 0 Å². The summed E-state index contributed by atoms with van der Waals surface area (Å²) in [5.41, 5.74) is 10.5. The molecule has 102 valence electrons. The van der Waals surface area contributed by atoms with Crippen molar-refractivity contribution < 1.29 is 0 Å². The highest BCUT2D eigenvalue weighted by Crippen LogP contribution is 2.22. The van der Waals surface area contributed by atoms with Crippen molar-refractivity contribution in [2.75, 3.05) is 11.1 Å². The molecular weight excluding hydrogens is 250 g/mol. The highest BCUT2D eigenvalue weighted by molar-refractivity contribution is 5.85. The average molecular weight is 267 g/mol. The van der Waals surface area contributed by atoms with Crippen LogP contribution < -0.4 is 11.1 Å². The minimum atomic E-state index is 0.468. The van der Waals surface area contributed by atoms with Crippen LogP contribution in [-0.2, 0) is 6.54 Å². The van der Waals surface area contributed by atoms with E-state index in [1.54, 1.807) is 12.3 Å². The second kappa shape index (κ2) is 4.85. The van der Waals surface area contributed by atoms with Gasteiger partial charge in [-0.05, 0) is 43.2 Å². The summed E-state index contributed by atoms with van der Waals surface area (Å²) in [6.45, 7) is 4.89. The van der Waals surface area contributed by atoms with Crippen LogP contribution in [0.1, 0.15) is 16.8 Å². The van der Waals surface area contributed by atoms with Crippen molar-refractivity contribution in [1.82, 2.24) is 15.0 Å². The van der Waals surface area contributed by atoms with Crippen molar-refractivity contribution in [3.8, 4) is 0 Å². The number of nitrogens with one attached hydrogen (secondary N) is 2. The number of aromatic amines is 1. The van der Waals surface area contributed by atoms with Crippen LogP contribution >= 0.6 is 0 Å². The minimum absolute atomic E-state index is 0.468. The molecule has 0 aliphatic heterocycles. The van der Waals surface area contributed by atoms with Crippen LogP contribution in [0.4, 0.5) is 11.8 Å². The van der Waals surface area contributed by atoms with Gasteiger partial charge in [0.05, 0.1) is 0 Å². The number of H-pyrrole nitrogens is 1. The van der Waals surface area contributed by atoms with Crippen LogP contribution in [0.25, 0.3) is 10.9 Å². The molecule has 2 heterocycles. The molecule has 0 unspecified atom stereocenters. The molecule has 0 fully saturated rings. The number of nitrogens with two attached hydrogens (primary N) is 1. The van der Waals surface area contributed by atoms with Gasteiger partial charge in [0.25, 0.3) is 0 Å². The van der Waals surface area contributed by atoms with Crippen molar-refractivity contribution >= 4 is 22.7 Å². The van der Waals surface area contributed by atoms with Gasteiger partial charge in [-0.2, -0.15) is 4.98 Å². The second-order valence-corrected chi connectivity index (χ2v) is 4.91. The molecule has 0 atom stereocenters. The number of hydrogen-bond acceptors (Lipinski definition) is 4. The summed E-state index contributed by atoms with van der Waals surface area (Å²) in [5, 5.41) is 4.44. The summed E-state index contributed by atoms with van der Waals surface area (Å²) >= 11 is 0. The Morgan fingerprint density at radius 2 is 2.10 bits per heavy atom. The van der Waals surface area contributed by atoms with E-state index in [-0.39, 0.29) is 0 Å². The van der Waals surface area contributed by atoms with Crippen molar-refractivity contribution in [1.29, 1.82) is 0 Å². The fourth-order valence-electron chi connectivity index (χ4n) is 2.26. The number of aryl methyl sites for hydroxylation is 2. The van der Waals surface area contributed by atoms with Gasteiger partial charge in [-0.3, -0.25) is 0 Å². The zero-order valence-corrected chi connectivity index (χ0v) is 11.6. The number of anilines is 2. The molecule has 2 aromatic heterocycles. The molecule has 0 radical (unpaired) electrons. The molecule has 0 bridgehead atoms. The largest absolute Gasteiger partial charge is 0.384 e. The summed E-state index contributed by atoms with van der Waals surface area (Å²) in [6, 6.07) is 8.06. The molecule has 0 aliphatic rings. The van der Waals surface area contributed by atoms with Crippen molar-refractivity contribution in [2.45, 2.75) is 20.4 Å². The highest BCUT2D eigenvalue weighted by Gasteiger charge is 2.05. The van der Waals surface area contributed by atoms with Gasteiger partial charge < -0.3 is 16.0 Å². The van der Waals surface area contributed by atoms with E-state index in [2.05, 4.69) is 52.3 Å². The maximum atomic E-state index is 5.63. The van der Waals surface area contributed by atoms with Crippen molar-refractivity contribution in [3.05, 3.63) is 47.3 Å². The van der Waals surface area contributed by atoms with E-state index in [4.69, 9.17) is 5.73 Å². The molecule has 5 heteroatoms. The van der Waals surface area contributed by atoms with E-state index in [0.717, 1.165) is 0 Å². The van der Waals surface area contributed by atoms with Gasteiger partial charge in [-0.1, -0.05) is 6.07 Å². The van der Waals surface area contributed by atoms with Crippen LogP contribution in [0.3, 0.4) is 0 Å². The van der Waals surface area contributed by atoms with Crippen molar-refractivity contribution in [3.63, 3.8) is 0 Å². The summed E-state index contributed by atoms with van der Waals surface area (Å²) in [4.78, 5) is 11.6. The lowest BCUT2D eigenvalue weighted by atomic mass is 10.1. The fourth-order valence-corrected chi connectivity index (χ4v) is 2.26. The van der Waals surface area contributed by atoms with E-state index in [0.29, 0.717) is 18.3 Å². The Bertz CT molecular complexity index is 760. The Morgan fingerprint density at radius 1 is 1.25 bits per heavy atom. The van der Waals surface area contributed by atoms with Crippen LogP contribution in [0.5, 0.6) is 0 Å². The predicted octanol–water partition coefficient (Wildman–Crippen LogP) is 2.77. The number of nitrogen functional groups attached to an aromatic ring is 1. The number of nitrogens with zero attached hydrogens (tertiary/aromatic N) is 2. The summed E-state index contributed by atoms with van der Waals surface area (Å²) in [5.74, 6) is 1.02. The van der Waals surface area contributed by atoms with Crippen molar-refractivity contribution in [2.24, 2.45) is 0 Å². The molecule has 4 N–H and O–H groups in total. The van der Waals surface area contributed by atoms with Crippen LogP contribution in [0, 0.1) is 13.8 Å². The number of benzene rings is 1. The van der Waals surface area contributed by atoms with Crippen LogP contribution in [-0.4, -0.2) is 15.0 Å². The molecular formula is C15H17N5. The Labute approximate surface area is 117 Å². The molecule has 0 amide bonds. The van der Waals surface area contributed by atoms with E-state index in [1.165, 1.54) is 27.7 Å². The summed E-state index contributed by atoms with van der Waals surface area (Å²) in [6.07, 6.45) is 1.65. The van der Waals surface area contributed by atoms with Gasteiger partial charge in [0, 0.05) is 29.3 Å². The first-order valence-corrected chi connectivity index (χ1v) is 6.53. The molecule has 5 nitrogen and oxygen atoms in total. The van der Waals surface area contributed by atoms with E-state index in [9.17, 15) is 0 Å². The van der Waals surface area contributed by atoms with Crippen LogP contribution in [0.15, 0.2) is 30.5 Å². The molecule has 0 saturated carbocycles. The average Bonchev–Trinajstić information content (AvgIpc) is 2.72. The van der Waals surface area contributed by atoms with Gasteiger partial charge >= 0.3 is 0 Å². The maximum Gasteiger partial charge on any atom is 0.224 e. The van der Waals surface area contributed by atoms with Crippen LogP contribution in [0.2, 0.25) is 0 Å².